The summed E-state index contributed by atoms with van der Waals surface area (Å²) in [6.45, 7) is 0.495. The lowest BCUT2D eigenvalue weighted by Crippen LogP contribution is -2.43. The van der Waals surface area contributed by atoms with Gasteiger partial charge in [0, 0.05) is 31.9 Å². The van der Waals surface area contributed by atoms with E-state index >= 15 is 0 Å². The fourth-order valence-corrected chi connectivity index (χ4v) is 1.60. The molecule has 0 bridgehead atoms. The number of aliphatic imine (C=N–C) groups is 1. The van der Waals surface area contributed by atoms with Gasteiger partial charge in [0.05, 0.1) is 0 Å². The Labute approximate surface area is 87.2 Å². The van der Waals surface area contributed by atoms with Crippen molar-refractivity contribution in [2.24, 2.45) is 4.99 Å². The smallest absolute Gasteiger partial charge is 0.270 e. The van der Waals surface area contributed by atoms with E-state index in [-0.39, 0.29) is 5.56 Å². The summed E-state index contributed by atoms with van der Waals surface area (Å²) in [7, 11) is 3.50. The molecule has 0 atom stereocenters. The molecule has 80 valence electrons. The van der Waals surface area contributed by atoms with Crippen LogP contribution in [0.4, 0.5) is 5.82 Å². The maximum absolute atomic E-state index is 11.6. The number of pyridine rings is 1. The first-order valence-electron chi connectivity index (χ1n) is 4.66. The highest BCUT2D eigenvalue weighted by molar-refractivity contribution is 5.88. The number of hydrogen-bond acceptors (Lipinski definition) is 5. The van der Waals surface area contributed by atoms with Gasteiger partial charge >= 0.3 is 0 Å². The van der Waals surface area contributed by atoms with Gasteiger partial charge in [0.15, 0.2) is 5.82 Å². The summed E-state index contributed by atoms with van der Waals surface area (Å²) in [6, 6.07) is 3.28. The average molecular weight is 207 g/mol. The molecule has 0 aromatic carbocycles. The zero-order valence-corrected chi connectivity index (χ0v) is 8.69. The van der Waals surface area contributed by atoms with E-state index in [9.17, 15) is 4.79 Å². The molecule has 0 fully saturated rings. The maximum atomic E-state index is 11.6. The van der Waals surface area contributed by atoms with Crippen LogP contribution in [0.1, 0.15) is 5.56 Å². The highest BCUT2D eigenvalue weighted by atomic mass is 16.1. The number of rotatable bonds is 2. The quantitative estimate of drug-likeness (QED) is 0.676. The molecule has 0 unspecified atom stereocenters. The Morgan fingerprint density at radius 1 is 1.33 bits per heavy atom. The van der Waals surface area contributed by atoms with Crippen LogP contribution >= 0.6 is 0 Å². The molecule has 0 saturated heterocycles. The number of fused-ring (bicyclic) bond motifs is 1. The normalized spacial score (nSPS) is 13.9. The van der Waals surface area contributed by atoms with Crippen molar-refractivity contribution in [3.05, 3.63) is 28.0 Å². The lowest BCUT2D eigenvalue weighted by atomic mass is 10.2. The van der Waals surface area contributed by atoms with E-state index in [4.69, 9.17) is 0 Å². The van der Waals surface area contributed by atoms with E-state index in [1.165, 1.54) is 10.7 Å². The van der Waals surface area contributed by atoms with Gasteiger partial charge in [-0.2, -0.15) is 0 Å². The minimum Gasteiger partial charge on any atom is -0.324 e. The van der Waals surface area contributed by atoms with Crippen LogP contribution in [0, 0.1) is 0 Å². The summed E-state index contributed by atoms with van der Waals surface area (Å²) in [6.07, 6.45) is 1.76. The number of aromatic nitrogens is 1. The van der Waals surface area contributed by atoms with Gasteiger partial charge in [-0.15, -0.1) is 0 Å². The highest BCUT2D eigenvalue weighted by Crippen LogP contribution is 2.17. The van der Waals surface area contributed by atoms with Crippen LogP contribution in [0.25, 0.3) is 0 Å². The second-order valence-electron chi connectivity index (χ2n) is 3.11. The monoisotopic (exact) mass is 207 g/mol. The molecule has 2 N–H and O–H groups in total. The van der Waals surface area contributed by atoms with Crippen LogP contribution in [-0.4, -0.2) is 31.7 Å². The van der Waals surface area contributed by atoms with Gasteiger partial charge in [0.25, 0.3) is 5.56 Å². The molecule has 2 rings (SSSR count). The molecule has 6 nitrogen and oxygen atoms in total. The molecule has 2 heterocycles. The average Bonchev–Trinajstić information content (AvgIpc) is 2.28. The number of hydrogen-bond donors (Lipinski definition) is 2. The Bertz CT molecular complexity index is 450. The van der Waals surface area contributed by atoms with Crippen molar-refractivity contribution in [2.75, 3.05) is 31.2 Å². The van der Waals surface area contributed by atoms with Gasteiger partial charge in [-0.05, 0) is 6.07 Å². The minimum absolute atomic E-state index is 0.0909. The SMILES string of the molecule is CNN1CN=Cc2ccc(=O)n(NC)c21. The number of nitrogens with one attached hydrogen (secondary N) is 2. The van der Waals surface area contributed by atoms with Crippen LogP contribution in [-0.2, 0) is 0 Å². The van der Waals surface area contributed by atoms with Crippen LogP contribution in [0.3, 0.4) is 0 Å². The predicted molar refractivity (Wildman–Crippen MR) is 60.0 cm³/mol. The molecule has 0 radical (unpaired) electrons. The molecule has 0 amide bonds. The zero-order chi connectivity index (χ0) is 10.8. The predicted octanol–water partition coefficient (Wildman–Crippen LogP) is -0.648. The Kier molecular flexibility index (Phi) is 2.42. The van der Waals surface area contributed by atoms with Crippen molar-refractivity contribution in [1.29, 1.82) is 0 Å². The van der Waals surface area contributed by atoms with Crippen molar-refractivity contribution in [3.8, 4) is 0 Å². The molecule has 1 aromatic rings. The van der Waals surface area contributed by atoms with E-state index in [0.29, 0.717) is 6.67 Å². The second-order valence-corrected chi connectivity index (χ2v) is 3.11. The van der Waals surface area contributed by atoms with E-state index in [1.807, 2.05) is 0 Å². The summed E-state index contributed by atoms with van der Waals surface area (Å²) in [5, 5.41) is 1.80. The molecule has 0 saturated carbocycles. The van der Waals surface area contributed by atoms with E-state index in [2.05, 4.69) is 15.8 Å². The summed E-state index contributed by atoms with van der Waals surface area (Å²) >= 11 is 0. The second kappa shape index (κ2) is 3.74. The third-order valence-corrected chi connectivity index (χ3v) is 2.30. The Hall–Kier alpha value is -1.82. The molecule has 0 aliphatic carbocycles. The van der Waals surface area contributed by atoms with Crippen LogP contribution in [0.5, 0.6) is 0 Å². The lowest BCUT2D eigenvalue weighted by molar-refractivity contribution is 0.666. The fourth-order valence-electron chi connectivity index (χ4n) is 1.60. The largest absolute Gasteiger partial charge is 0.324 e. The molecular formula is C9H13N5O. The van der Waals surface area contributed by atoms with Crippen molar-refractivity contribution in [1.82, 2.24) is 10.1 Å². The molecule has 0 spiro atoms. The minimum atomic E-state index is -0.0909. The van der Waals surface area contributed by atoms with Crippen LogP contribution < -0.4 is 21.4 Å². The van der Waals surface area contributed by atoms with E-state index < -0.39 is 0 Å². The number of anilines is 1. The summed E-state index contributed by atoms with van der Waals surface area (Å²) < 4.78 is 1.48. The van der Waals surface area contributed by atoms with Crippen LogP contribution in [0.15, 0.2) is 21.9 Å². The third kappa shape index (κ3) is 1.48. The van der Waals surface area contributed by atoms with E-state index in [1.54, 1.807) is 31.4 Å². The molecular weight excluding hydrogens is 194 g/mol. The topological polar surface area (TPSA) is 61.7 Å². The maximum Gasteiger partial charge on any atom is 0.270 e. The van der Waals surface area contributed by atoms with Gasteiger partial charge < -0.3 is 5.43 Å². The highest BCUT2D eigenvalue weighted by Gasteiger charge is 2.17. The standard InChI is InChI=1S/C9H13N5O/c1-10-13-6-12-5-7-3-4-8(15)14(11-2)9(7)13/h3-5,10-11H,6H2,1-2H3. The molecule has 1 aromatic heterocycles. The van der Waals surface area contributed by atoms with Crippen LogP contribution in [0.2, 0.25) is 0 Å². The summed E-state index contributed by atoms with van der Waals surface area (Å²) in [4.78, 5) is 15.8. The molecule has 1 aliphatic heterocycles. The first-order chi connectivity index (χ1) is 7.27. The summed E-state index contributed by atoms with van der Waals surface area (Å²) in [5.74, 6) is 0.780. The van der Waals surface area contributed by atoms with Crippen molar-refractivity contribution >= 4 is 12.0 Å². The number of nitrogens with zero attached hydrogens (tertiary/aromatic N) is 3. The fraction of sp³-hybridized carbons (Fsp3) is 0.333. The Balaban J connectivity index is 2.66. The Morgan fingerprint density at radius 3 is 2.80 bits per heavy atom. The molecule has 6 heteroatoms. The molecule has 1 aliphatic rings. The Morgan fingerprint density at radius 2 is 2.13 bits per heavy atom. The summed E-state index contributed by atoms with van der Waals surface area (Å²) in [5.41, 5.74) is 6.65. The zero-order valence-electron chi connectivity index (χ0n) is 8.69. The van der Waals surface area contributed by atoms with Crippen molar-refractivity contribution in [3.63, 3.8) is 0 Å². The lowest BCUT2D eigenvalue weighted by Gasteiger charge is -2.28. The third-order valence-electron chi connectivity index (χ3n) is 2.30. The van der Waals surface area contributed by atoms with Crippen molar-refractivity contribution in [2.45, 2.75) is 0 Å². The van der Waals surface area contributed by atoms with Gasteiger partial charge in [-0.1, -0.05) is 0 Å². The first-order valence-corrected chi connectivity index (χ1v) is 4.66. The van der Waals surface area contributed by atoms with Gasteiger partial charge in [-0.3, -0.25) is 14.8 Å². The van der Waals surface area contributed by atoms with E-state index in [0.717, 1.165) is 11.4 Å². The van der Waals surface area contributed by atoms with Gasteiger partial charge in [0.1, 0.15) is 6.67 Å². The first kappa shape index (κ1) is 9.72. The van der Waals surface area contributed by atoms with Crippen molar-refractivity contribution < 1.29 is 0 Å². The van der Waals surface area contributed by atoms with Gasteiger partial charge in [0.2, 0.25) is 0 Å². The molecule has 15 heavy (non-hydrogen) atoms. The van der Waals surface area contributed by atoms with Gasteiger partial charge in [-0.25, -0.2) is 10.1 Å². The number of hydrazine groups is 1.